The molecule has 6 nitrogen and oxygen atoms in total. The van der Waals surface area contributed by atoms with Gasteiger partial charge in [-0.25, -0.2) is 0 Å². The Labute approximate surface area is 111 Å². The molecule has 2 N–H and O–H groups in total. The lowest BCUT2D eigenvalue weighted by Crippen LogP contribution is -1.81. The number of aromatic nitrogens is 6. The van der Waals surface area contributed by atoms with Gasteiger partial charge in [0.15, 0.2) is 0 Å². The van der Waals surface area contributed by atoms with E-state index in [4.69, 9.17) is 0 Å². The number of H-pyrrole nitrogens is 2. The topological polar surface area (TPSA) is 83.1 Å². The molecule has 92 valence electrons. The molecule has 19 heavy (non-hydrogen) atoms. The monoisotopic (exact) mass is 268 g/mol. The number of tetrazole rings is 1. The molecule has 0 bridgehead atoms. The Bertz CT molecular complexity index is 815. The molecule has 4 aromatic rings. The van der Waals surface area contributed by atoms with Crippen molar-refractivity contribution in [3.05, 3.63) is 35.0 Å². The van der Waals surface area contributed by atoms with Gasteiger partial charge in [0, 0.05) is 21.9 Å². The molecular weight excluding hydrogens is 260 g/mol. The number of hydrogen-bond acceptors (Lipinski definition) is 5. The van der Waals surface area contributed by atoms with Gasteiger partial charge in [-0.3, -0.25) is 5.10 Å². The van der Waals surface area contributed by atoms with E-state index >= 15 is 0 Å². The molecule has 0 amide bonds. The summed E-state index contributed by atoms with van der Waals surface area (Å²) in [5.41, 5.74) is 3.97. The molecule has 0 fully saturated rings. The summed E-state index contributed by atoms with van der Waals surface area (Å²) in [6, 6.07) is 8.00. The summed E-state index contributed by atoms with van der Waals surface area (Å²) >= 11 is 1.65. The van der Waals surface area contributed by atoms with Crippen LogP contribution < -0.4 is 0 Å². The molecule has 0 atom stereocenters. The second-order valence-corrected chi connectivity index (χ2v) is 4.86. The highest BCUT2D eigenvalue weighted by Crippen LogP contribution is 2.30. The van der Waals surface area contributed by atoms with E-state index in [2.05, 4.69) is 42.3 Å². The number of aromatic amines is 2. The fourth-order valence-corrected chi connectivity index (χ4v) is 2.70. The number of thiophene rings is 1. The average molecular weight is 268 g/mol. The summed E-state index contributed by atoms with van der Waals surface area (Å²) in [6.45, 7) is 0. The van der Waals surface area contributed by atoms with Crippen molar-refractivity contribution in [3.63, 3.8) is 0 Å². The largest absolute Gasteiger partial charge is 0.277 e. The smallest absolute Gasteiger partial charge is 0.204 e. The molecule has 0 aliphatic heterocycles. The SMILES string of the molecule is c1cc(-c2n[nH]c3ccc(-c4nn[nH]n4)cc23)cs1. The lowest BCUT2D eigenvalue weighted by atomic mass is 10.1. The van der Waals surface area contributed by atoms with E-state index in [9.17, 15) is 0 Å². The first-order valence-corrected chi connectivity index (χ1v) is 6.60. The minimum absolute atomic E-state index is 0.583. The van der Waals surface area contributed by atoms with E-state index in [0.717, 1.165) is 27.7 Å². The van der Waals surface area contributed by atoms with Crippen LogP contribution in [-0.4, -0.2) is 30.8 Å². The Kier molecular flexibility index (Phi) is 2.18. The van der Waals surface area contributed by atoms with Crippen LogP contribution in [0.2, 0.25) is 0 Å². The van der Waals surface area contributed by atoms with Crippen LogP contribution in [0.5, 0.6) is 0 Å². The number of hydrogen-bond donors (Lipinski definition) is 2. The lowest BCUT2D eigenvalue weighted by molar-refractivity contribution is 0.881. The van der Waals surface area contributed by atoms with Crippen LogP contribution in [-0.2, 0) is 0 Å². The second kappa shape index (κ2) is 3.99. The highest BCUT2D eigenvalue weighted by Gasteiger charge is 2.11. The quantitative estimate of drug-likeness (QED) is 0.585. The van der Waals surface area contributed by atoms with E-state index < -0.39 is 0 Å². The van der Waals surface area contributed by atoms with Gasteiger partial charge in [-0.2, -0.15) is 21.6 Å². The number of rotatable bonds is 2. The van der Waals surface area contributed by atoms with Gasteiger partial charge in [-0.15, -0.1) is 10.2 Å². The van der Waals surface area contributed by atoms with Crippen LogP contribution in [0, 0.1) is 0 Å². The molecule has 4 rings (SSSR count). The van der Waals surface area contributed by atoms with Gasteiger partial charge in [-0.05, 0) is 34.9 Å². The third-order valence-electron chi connectivity index (χ3n) is 2.96. The van der Waals surface area contributed by atoms with Crippen molar-refractivity contribution in [1.82, 2.24) is 30.8 Å². The van der Waals surface area contributed by atoms with Gasteiger partial charge in [0.05, 0.1) is 5.52 Å². The number of nitrogens with zero attached hydrogens (tertiary/aromatic N) is 4. The maximum atomic E-state index is 4.38. The summed E-state index contributed by atoms with van der Waals surface area (Å²) < 4.78 is 0. The van der Waals surface area contributed by atoms with Crippen molar-refractivity contribution in [2.24, 2.45) is 0 Å². The molecule has 3 heterocycles. The minimum atomic E-state index is 0.583. The average Bonchev–Trinajstić information content (AvgIpc) is 3.18. The molecule has 0 saturated heterocycles. The van der Waals surface area contributed by atoms with Gasteiger partial charge in [0.25, 0.3) is 0 Å². The Morgan fingerprint density at radius 3 is 2.84 bits per heavy atom. The first-order valence-electron chi connectivity index (χ1n) is 5.66. The number of fused-ring (bicyclic) bond motifs is 1. The summed E-state index contributed by atoms with van der Waals surface area (Å²) in [7, 11) is 0. The molecule has 3 aromatic heterocycles. The maximum Gasteiger partial charge on any atom is 0.204 e. The second-order valence-electron chi connectivity index (χ2n) is 4.08. The summed E-state index contributed by atoms with van der Waals surface area (Å²) in [6.07, 6.45) is 0. The van der Waals surface area contributed by atoms with Crippen molar-refractivity contribution in [1.29, 1.82) is 0 Å². The molecule has 0 aliphatic rings. The van der Waals surface area contributed by atoms with Crippen LogP contribution in [0.15, 0.2) is 35.0 Å². The van der Waals surface area contributed by atoms with Crippen LogP contribution in [0.3, 0.4) is 0 Å². The Morgan fingerprint density at radius 1 is 1.05 bits per heavy atom. The standard InChI is InChI=1S/C12H8N6S/c1-2-10-9(5-7(1)12-15-17-18-16-12)11(14-13-10)8-3-4-19-6-8/h1-6H,(H,13,14)(H,15,16,17,18). The molecule has 0 aliphatic carbocycles. The summed E-state index contributed by atoms with van der Waals surface area (Å²) in [5, 5.41) is 26.6. The number of benzene rings is 1. The van der Waals surface area contributed by atoms with Gasteiger partial charge in [0.1, 0.15) is 5.69 Å². The Balaban J connectivity index is 1.95. The van der Waals surface area contributed by atoms with Gasteiger partial charge in [-0.1, -0.05) is 0 Å². The van der Waals surface area contributed by atoms with Gasteiger partial charge in [0.2, 0.25) is 5.82 Å². The zero-order valence-electron chi connectivity index (χ0n) is 9.66. The van der Waals surface area contributed by atoms with Gasteiger partial charge < -0.3 is 0 Å². The fraction of sp³-hybridized carbons (Fsp3) is 0. The highest BCUT2D eigenvalue weighted by atomic mass is 32.1. The van der Waals surface area contributed by atoms with Crippen LogP contribution >= 0.6 is 11.3 Å². The van der Waals surface area contributed by atoms with E-state index in [1.54, 1.807) is 11.3 Å². The van der Waals surface area contributed by atoms with Gasteiger partial charge >= 0.3 is 0 Å². The number of nitrogens with one attached hydrogen (secondary N) is 2. The predicted octanol–water partition coefficient (Wildman–Crippen LogP) is 2.47. The zero-order chi connectivity index (χ0) is 12.7. The van der Waals surface area contributed by atoms with Crippen molar-refractivity contribution >= 4 is 22.2 Å². The lowest BCUT2D eigenvalue weighted by Gasteiger charge is -1.96. The first-order chi connectivity index (χ1) is 9.42. The molecule has 0 radical (unpaired) electrons. The molecule has 0 unspecified atom stereocenters. The molecular formula is C12H8N6S. The first kappa shape index (κ1) is 10.4. The third-order valence-corrected chi connectivity index (χ3v) is 3.64. The van der Waals surface area contributed by atoms with E-state index in [-0.39, 0.29) is 0 Å². The zero-order valence-corrected chi connectivity index (χ0v) is 10.5. The fourth-order valence-electron chi connectivity index (χ4n) is 2.06. The van der Waals surface area contributed by atoms with Crippen LogP contribution in [0.25, 0.3) is 33.5 Å². The van der Waals surface area contributed by atoms with Crippen molar-refractivity contribution in [3.8, 4) is 22.6 Å². The normalized spacial score (nSPS) is 11.2. The third kappa shape index (κ3) is 1.63. The molecule has 7 heteroatoms. The Morgan fingerprint density at radius 2 is 2.05 bits per heavy atom. The van der Waals surface area contributed by atoms with Crippen LogP contribution in [0.1, 0.15) is 0 Å². The van der Waals surface area contributed by atoms with E-state index in [1.165, 1.54) is 0 Å². The van der Waals surface area contributed by atoms with Crippen molar-refractivity contribution in [2.45, 2.75) is 0 Å². The molecule has 1 aromatic carbocycles. The van der Waals surface area contributed by atoms with Crippen molar-refractivity contribution in [2.75, 3.05) is 0 Å². The summed E-state index contributed by atoms with van der Waals surface area (Å²) in [5.74, 6) is 0.583. The van der Waals surface area contributed by atoms with E-state index in [0.29, 0.717) is 5.82 Å². The Hall–Kier alpha value is -2.54. The minimum Gasteiger partial charge on any atom is -0.277 e. The summed E-state index contributed by atoms with van der Waals surface area (Å²) in [4.78, 5) is 0. The van der Waals surface area contributed by atoms with E-state index in [1.807, 2.05) is 23.6 Å². The maximum absolute atomic E-state index is 4.38. The van der Waals surface area contributed by atoms with Crippen molar-refractivity contribution < 1.29 is 0 Å². The molecule has 0 spiro atoms. The molecule has 0 saturated carbocycles. The highest BCUT2D eigenvalue weighted by molar-refractivity contribution is 7.08. The predicted molar refractivity (Wildman–Crippen MR) is 72.6 cm³/mol. The van der Waals surface area contributed by atoms with Crippen LogP contribution in [0.4, 0.5) is 0 Å².